The van der Waals surface area contributed by atoms with E-state index in [4.69, 9.17) is 16.1 Å². The minimum absolute atomic E-state index is 0.000836. The van der Waals surface area contributed by atoms with Crippen LogP contribution in [0.15, 0.2) is 36.7 Å². The number of piperidine rings is 1. The van der Waals surface area contributed by atoms with Gasteiger partial charge in [0.1, 0.15) is 28.6 Å². The average molecular weight is 622 g/mol. The molecule has 2 atom stereocenters. The number of aromatic nitrogens is 5. The standard InChI is InChI=1S/C35H33F2N7O2/c1-4-23-26(36)9-8-20-13-22(45)14-24(29(20)23)31-30(37)32-25(16-38-31)33(44-17-21-15-39-43(3)27(21)18-44)41-34(40-32)46-19-35-10-5-7-28(35)42(2)12-6-11-35/h1,8-9,13-16,28,45H,5-7,10-12,17-19H2,2-3H3. The summed E-state index contributed by atoms with van der Waals surface area (Å²) in [6.45, 7) is 2.58. The van der Waals surface area contributed by atoms with E-state index in [9.17, 15) is 9.50 Å². The maximum Gasteiger partial charge on any atom is 0.319 e. The lowest BCUT2D eigenvalue weighted by Crippen LogP contribution is -2.50. The van der Waals surface area contributed by atoms with E-state index in [1.807, 2.05) is 22.8 Å². The van der Waals surface area contributed by atoms with Crippen LogP contribution in [0, 0.1) is 29.4 Å². The van der Waals surface area contributed by atoms with Gasteiger partial charge < -0.3 is 19.6 Å². The normalized spacial score (nSPS) is 21.1. The number of phenols is 1. The Morgan fingerprint density at radius 1 is 1.11 bits per heavy atom. The van der Waals surface area contributed by atoms with Crippen LogP contribution in [0.4, 0.5) is 14.6 Å². The summed E-state index contributed by atoms with van der Waals surface area (Å²) in [5, 5.41) is 16.1. The highest BCUT2D eigenvalue weighted by atomic mass is 19.1. The van der Waals surface area contributed by atoms with Crippen molar-refractivity contribution in [1.82, 2.24) is 29.6 Å². The summed E-state index contributed by atoms with van der Waals surface area (Å²) >= 11 is 0. The molecule has 0 bridgehead atoms. The van der Waals surface area contributed by atoms with Crippen molar-refractivity contribution < 1.29 is 18.6 Å². The van der Waals surface area contributed by atoms with Crippen LogP contribution in [0.3, 0.4) is 0 Å². The fourth-order valence-electron chi connectivity index (χ4n) is 8.09. The highest BCUT2D eigenvalue weighted by Gasteiger charge is 2.47. The Morgan fingerprint density at radius 2 is 1.96 bits per heavy atom. The molecule has 3 aliphatic rings. The first-order valence-corrected chi connectivity index (χ1v) is 15.6. The summed E-state index contributed by atoms with van der Waals surface area (Å²) < 4.78 is 40.0. The molecule has 5 aromatic rings. The lowest BCUT2D eigenvalue weighted by atomic mass is 9.76. The predicted molar refractivity (Wildman–Crippen MR) is 170 cm³/mol. The van der Waals surface area contributed by atoms with Crippen molar-refractivity contribution in [2.24, 2.45) is 12.5 Å². The maximum absolute atomic E-state index is 16.8. The number of nitrogens with zero attached hydrogens (tertiary/aromatic N) is 7. The van der Waals surface area contributed by atoms with Gasteiger partial charge in [0.05, 0.1) is 36.0 Å². The number of hydrogen-bond acceptors (Lipinski definition) is 8. The Balaban J connectivity index is 1.28. The highest BCUT2D eigenvalue weighted by Crippen LogP contribution is 2.48. The number of aromatic hydroxyl groups is 1. The van der Waals surface area contributed by atoms with Crippen molar-refractivity contribution in [1.29, 1.82) is 0 Å². The number of likely N-dealkylation sites (tertiary alicyclic amines) is 1. The van der Waals surface area contributed by atoms with E-state index < -0.39 is 11.6 Å². The van der Waals surface area contributed by atoms with E-state index >= 15 is 4.39 Å². The van der Waals surface area contributed by atoms with Crippen LogP contribution in [0.1, 0.15) is 48.9 Å². The predicted octanol–water partition coefficient (Wildman–Crippen LogP) is 5.71. The van der Waals surface area contributed by atoms with Crippen LogP contribution in [0.5, 0.6) is 11.8 Å². The number of benzene rings is 2. The van der Waals surface area contributed by atoms with E-state index in [2.05, 4.69) is 32.9 Å². The molecule has 46 heavy (non-hydrogen) atoms. The van der Waals surface area contributed by atoms with Gasteiger partial charge >= 0.3 is 6.01 Å². The van der Waals surface area contributed by atoms with Crippen molar-refractivity contribution in [2.75, 3.05) is 25.1 Å². The molecular weight excluding hydrogens is 588 g/mol. The minimum atomic E-state index is -0.738. The summed E-state index contributed by atoms with van der Waals surface area (Å²) in [5.41, 5.74) is 2.16. The third-order valence-electron chi connectivity index (χ3n) is 10.3. The number of phenolic OH excluding ortho intramolecular Hbond substituents is 1. The van der Waals surface area contributed by atoms with Gasteiger partial charge in [-0.15, -0.1) is 6.42 Å². The zero-order valence-corrected chi connectivity index (χ0v) is 25.7. The number of anilines is 1. The molecular formula is C35H33F2N7O2. The molecule has 1 N–H and O–H groups in total. The average Bonchev–Trinajstić information content (AvgIpc) is 3.77. The molecule has 2 aromatic carbocycles. The fourth-order valence-corrected chi connectivity index (χ4v) is 8.09. The first-order valence-electron chi connectivity index (χ1n) is 15.6. The number of fused-ring (bicyclic) bond motifs is 4. The lowest BCUT2D eigenvalue weighted by Gasteiger charge is -2.44. The Morgan fingerprint density at radius 3 is 2.78 bits per heavy atom. The van der Waals surface area contributed by atoms with E-state index in [-0.39, 0.29) is 44.9 Å². The summed E-state index contributed by atoms with van der Waals surface area (Å²) in [6, 6.07) is 6.07. The Hall–Kier alpha value is -4.82. The SMILES string of the molecule is C#Cc1c(F)ccc2cc(O)cc(-c3ncc4c(N5Cc6cnn(C)c6C5)nc(OCC56CCCC5N(C)CCC6)nc4c3F)c12. The molecule has 9 nitrogen and oxygen atoms in total. The zero-order valence-electron chi connectivity index (χ0n) is 25.7. The van der Waals surface area contributed by atoms with Crippen molar-refractivity contribution in [2.45, 2.75) is 51.2 Å². The smallest absolute Gasteiger partial charge is 0.319 e. The van der Waals surface area contributed by atoms with Gasteiger partial charge in [-0.2, -0.15) is 15.1 Å². The summed E-state index contributed by atoms with van der Waals surface area (Å²) in [6.07, 6.45) is 14.6. The van der Waals surface area contributed by atoms with Crippen LogP contribution in [-0.4, -0.2) is 61.0 Å². The third kappa shape index (κ3) is 4.38. The molecule has 1 saturated carbocycles. The van der Waals surface area contributed by atoms with Gasteiger partial charge in [0.2, 0.25) is 0 Å². The van der Waals surface area contributed by atoms with E-state index in [1.165, 1.54) is 30.5 Å². The fraction of sp³-hybridized carbons (Fsp3) is 0.371. The van der Waals surface area contributed by atoms with Crippen molar-refractivity contribution in [3.63, 3.8) is 0 Å². The van der Waals surface area contributed by atoms with Gasteiger partial charge in [-0.3, -0.25) is 9.67 Å². The lowest BCUT2D eigenvalue weighted by molar-refractivity contribution is 0.0133. The first kappa shape index (κ1) is 28.6. The second kappa shape index (κ2) is 10.6. The number of hydrogen-bond donors (Lipinski definition) is 1. The van der Waals surface area contributed by atoms with E-state index in [1.54, 1.807) is 0 Å². The van der Waals surface area contributed by atoms with Crippen molar-refractivity contribution >= 4 is 27.5 Å². The Labute approximate surface area is 264 Å². The van der Waals surface area contributed by atoms with Gasteiger partial charge in [0, 0.05) is 47.8 Å². The van der Waals surface area contributed by atoms with Crippen LogP contribution in [0.2, 0.25) is 0 Å². The molecule has 5 heterocycles. The molecule has 1 aliphatic carbocycles. The number of halogens is 2. The second-order valence-corrected chi connectivity index (χ2v) is 12.9. The first-order chi connectivity index (χ1) is 22.3. The van der Waals surface area contributed by atoms with Crippen molar-refractivity contribution in [3.8, 4) is 35.4 Å². The topological polar surface area (TPSA) is 92.4 Å². The van der Waals surface area contributed by atoms with Crippen LogP contribution < -0.4 is 9.64 Å². The molecule has 11 heteroatoms. The van der Waals surface area contributed by atoms with Crippen molar-refractivity contribution in [3.05, 3.63) is 65.1 Å². The summed E-state index contributed by atoms with van der Waals surface area (Å²) in [7, 11) is 4.08. The van der Waals surface area contributed by atoms with Gasteiger partial charge in [-0.25, -0.2) is 8.78 Å². The molecule has 8 rings (SSSR count). The van der Waals surface area contributed by atoms with Gasteiger partial charge in [0.25, 0.3) is 0 Å². The molecule has 2 unspecified atom stereocenters. The second-order valence-electron chi connectivity index (χ2n) is 12.9. The molecule has 0 radical (unpaired) electrons. The Kier molecular flexibility index (Phi) is 6.62. The zero-order chi connectivity index (χ0) is 31.7. The maximum atomic E-state index is 16.8. The molecule has 0 spiro atoms. The number of terminal acetylenes is 1. The molecule has 2 aliphatic heterocycles. The minimum Gasteiger partial charge on any atom is -0.508 e. The molecule has 234 valence electrons. The highest BCUT2D eigenvalue weighted by molar-refractivity contribution is 6.03. The van der Waals surface area contributed by atoms with Crippen LogP contribution >= 0.6 is 0 Å². The van der Waals surface area contributed by atoms with E-state index in [0.29, 0.717) is 42.3 Å². The Bertz CT molecular complexity index is 2090. The number of ether oxygens (including phenoxy) is 1. The number of rotatable bonds is 5. The number of pyridine rings is 1. The summed E-state index contributed by atoms with van der Waals surface area (Å²) in [5.74, 6) is 1.41. The van der Waals surface area contributed by atoms with Crippen LogP contribution in [-0.2, 0) is 20.1 Å². The molecule has 0 amide bonds. The van der Waals surface area contributed by atoms with Gasteiger partial charge in [-0.1, -0.05) is 18.4 Å². The van der Waals surface area contributed by atoms with Gasteiger partial charge in [-0.05, 0) is 62.9 Å². The molecule has 2 fully saturated rings. The van der Waals surface area contributed by atoms with Gasteiger partial charge in [0.15, 0.2) is 5.82 Å². The number of aryl methyl sites for hydroxylation is 1. The third-order valence-corrected chi connectivity index (χ3v) is 10.3. The molecule has 1 saturated heterocycles. The summed E-state index contributed by atoms with van der Waals surface area (Å²) in [4.78, 5) is 18.5. The van der Waals surface area contributed by atoms with Crippen LogP contribution in [0.25, 0.3) is 32.9 Å². The van der Waals surface area contributed by atoms with E-state index in [0.717, 1.165) is 49.9 Å². The quantitative estimate of drug-likeness (QED) is 0.250. The molecule has 3 aromatic heterocycles. The largest absolute Gasteiger partial charge is 0.508 e. The monoisotopic (exact) mass is 621 g/mol.